The predicted octanol–water partition coefficient (Wildman–Crippen LogP) is 1.10. The Kier molecular flexibility index (Phi) is 6.55. The van der Waals surface area contributed by atoms with E-state index in [1.807, 2.05) is 0 Å². The minimum Gasteiger partial charge on any atom is -0.481 e. The highest BCUT2D eigenvalue weighted by atomic mass is 16.4. The topological polar surface area (TPSA) is 116 Å². The Morgan fingerprint density at radius 3 is 2.60 bits per heavy atom. The first-order chi connectivity index (χ1) is 9.49. The van der Waals surface area contributed by atoms with Gasteiger partial charge in [-0.15, -0.1) is 0 Å². The first-order valence-electron chi connectivity index (χ1n) is 6.66. The van der Waals surface area contributed by atoms with Crippen LogP contribution in [-0.4, -0.2) is 40.8 Å². The van der Waals surface area contributed by atoms with Crippen LogP contribution in [0, 0.1) is 0 Å². The van der Waals surface area contributed by atoms with Crippen molar-refractivity contribution in [3.63, 3.8) is 0 Å². The Morgan fingerprint density at radius 1 is 1.30 bits per heavy atom. The minimum absolute atomic E-state index is 0.136. The lowest BCUT2D eigenvalue weighted by Gasteiger charge is -2.14. The summed E-state index contributed by atoms with van der Waals surface area (Å²) >= 11 is 0. The second kappa shape index (κ2) is 8.19. The van der Waals surface area contributed by atoms with E-state index in [0.29, 0.717) is 6.54 Å². The molecule has 0 fully saturated rings. The summed E-state index contributed by atoms with van der Waals surface area (Å²) in [5.41, 5.74) is 1.31. The third-order valence-electron chi connectivity index (χ3n) is 3.12. The first-order valence-corrected chi connectivity index (χ1v) is 6.66. The van der Waals surface area contributed by atoms with E-state index in [1.54, 1.807) is 0 Å². The van der Waals surface area contributed by atoms with Crippen molar-refractivity contribution in [1.82, 2.24) is 10.6 Å². The van der Waals surface area contributed by atoms with E-state index < -0.39 is 24.0 Å². The van der Waals surface area contributed by atoms with E-state index in [9.17, 15) is 14.4 Å². The average molecular weight is 284 g/mol. The zero-order chi connectivity index (χ0) is 15.0. The highest BCUT2D eigenvalue weighted by molar-refractivity contribution is 5.82. The molecular formula is C13H20N2O5. The number of rotatable bonds is 8. The number of carboxylic acid groups (broad SMARTS) is 2. The summed E-state index contributed by atoms with van der Waals surface area (Å²) in [5.74, 6) is -2.33. The number of carbonyl (C=O) groups is 3. The van der Waals surface area contributed by atoms with Gasteiger partial charge in [0.05, 0.1) is 0 Å². The van der Waals surface area contributed by atoms with Crippen LogP contribution < -0.4 is 10.6 Å². The Labute approximate surface area is 117 Å². The normalized spacial score (nSPS) is 15.3. The first kappa shape index (κ1) is 16.0. The van der Waals surface area contributed by atoms with E-state index >= 15 is 0 Å². The van der Waals surface area contributed by atoms with Gasteiger partial charge in [0.15, 0.2) is 0 Å². The van der Waals surface area contributed by atoms with Gasteiger partial charge in [0.2, 0.25) is 0 Å². The van der Waals surface area contributed by atoms with Gasteiger partial charge in [-0.05, 0) is 32.1 Å². The van der Waals surface area contributed by atoms with Gasteiger partial charge in [0, 0.05) is 13.0 Å². The number of carboxylic acids is 2. The number of aliphatic carboxylic acids is 2. The molecule has 0 aliphatic heterocycles. The molecule has 7 nitrogen and oxygen atoms in total. The molecule has 1 aliphatic rings. The molecule has 0 unspecified atom stereocenters. The number of carbonyl (C=O) groups excluding carboxylic acids is 1. The lowest BCUT2D eigenvalue weighted by Crippen LogP contribution is -2.46. The maximum Gasteiger partial charge on any atom is 0.326 e. The molecule has 0 heterocycles. The molecule has 112 valence electrons. The fourth-order valence-electron chi connectivity index (χ4n) is 2.04. The fourth-order valence-corrected chi connectivity index (χ4v) is 2.04. The number of hydrogen-bond acceptors (Lipinski definition) is 3. The Hall–Kier alpha value is -2.05. The molecule has 20 heavy (non-hydrogen) atoms. The molecule has 0 spiro atoms. The molecule has 1 rings (SSSR count). The molecule has 0 aromatic rings. The van der Waals surface area contributed by atoms with Gasteiger partial charge in [-0.2, -0.15) is 0 Å². The summed E-state index contributed by atoms with van der Waals surface area (Å²) in [4.78, 5) is 32.8. The zero-order valence-electron chi connectivity index (χ0n) is 11.2. The fraction of sp³-hybridized carbons (Fsp3) is 0.615. The third kappa shape index (κ3) is 6.21. The summed E-state index contributed by atoms with van der Waals surface area (Å²) in [5, 5.41) is 22.2. The third-order valence-corrected chi connectivity index (χ3v) is 3.12. The smallest absolute Gasteiger partial charge is 0.326 e. The molecule has 4 N–H and O–H groups in total. The molecule has 0 saturated carbocycles. The average Bonchev–Trinajstić information content (AvgIpc) is 2.87. The second-order valence-electron chi connectivity index (χ2n) is 4.73. The van der Waals surface area contributed by atoms with E-state index in [4.69, 9.17) is 10.2 Å². The SMILES string of the molecule is O=C(O)CC[C@H](NC(=O)NCCC1=CCCC1)C(=O)O. The van der Waals surface area contributed by atoms with Crippen LogP contribution in [0.15, 0.2) is 11.6 Å². The Balaban J connectivity index is 2.26. The second-order valence-corrected chi connectivity index (χ2v) is 4.73. The van der Waals surface area contributed by atoms with Crippen LogP contribution in [0.3, 0.4) is 0 Å². The van der Waals surface area contributed by atoms with Crippen molar-refractivity contribution >= 4 is 18.0 Å². The van der Waals surface area contributed by atoms with Gasteiger partial charge in [-0.1, -0.05) is 11.6 Å². The van der Waals surface area contributed by atoms with Crippen molar-refractivity contribution < 1.29 is 24.6 Å². The number of amides is 2. The summed E-state index contributed by atoms with van der Waals surface area (Å²) < 4.78 is 0. The van der Waals surface area contributed by atoms with Crippen LogP contribution >= 0.6 is 0 Å². The maximum atomic E-state index is 11.5. The summed E-state index contributed by atoms with van der Waals surface area (Å²) in [6.45, 7) is 0.447. The molecule has 0 aromatic carbocycles. The molecule has 0 aromatic heterocycles. The largest absolute Gasteiger partial charge is 0.481 e. The summed E-state index contributed by atoms with van der Waals surface area (Å²) in [6.07, 6.45) is 5.77. The van der Waals surface area contributed by atoms with Crippen molar-refractivity contribution in [3.8, 4) is 0 Å². The van der Waals surface area contributed by atoms with Crippen LogP contribution in [0.4, 0.5) is 4.79 Å². The monoisotopic (exact) mass is 284 g/mol. The van der Waals surface area contributed by atoms with Crippen LogP contribution in [0.2, 0.25) is 0 Å². The molecular weight excluding hydrogens is 264 g/mol. The molecule has 1 aliphatic carbocycles. The lowest BCUT2D eigenvalue weighted by molar-refractivity contribution is -0.140. The molecule has 0 radical (unpaired) electrons. The van der Waals surface area contributed by atoms with Gasteiger partial charge >= 0.3 is 18.0 Å². The molecule has 1 atom stereocenters. The molecule has 0 bridgehead atoms. The number of urea groups is 1. The highest BCUT2D eigenvalue weighted by Gasteiger charge is 2.20. The van der Waals surface area contributed by atoms with Gasteiger partial charge in [0.1, 0.15) is 6.04 Å². The zero-order valence-corrected chi connectivity index (χ0v) is 11.2. The van der Waals surface area contributed by atoms with Crippen molar-refractivity contribution in [3.05, 3.63) is 11.6 Å². The molecule has 2 amide bonds. The van der Waals surface area contributed by atoms with Crippen molar-refractivity contribution in [2.75, 3.05) is 6.54 Å². The van der Waals surface area contributed by atoms with E-state index in [0.717, 1.165) is 25.7 Å². The number of hydrogen-bond donors (Lipinski definition) is 4. The van der Waals surface area contributed by atoms with Crippen molar-refractivity contribution in [2.24, 2.45) is 0 Å². The highest BCUT2D eigenvalue weighted by Crippen LogP contribution is 2.19. The van der Waals surface area contributed by atoms with E-state index in [2.05, 4.69) is 16.7 Å². The molecule has 7 heteroatoms. The van der Waals surface area contributed by atoms with Gasteiger partial charge < -0.3 is 20.8 Å². The van der Waals surface area contributed by atoms with Gasteiger partial charge in [0.25, 0.3) is 0 Å². The minimum atomic E-state index is -1.24. The molecule has 0 saturated heterocycles. The standard InChI is InChI=1S/C13H20N2O5/c16-11(17)6-5-10(12(18)19)15-13(20)14-8-7-9-3-1-2-4-9/h3,10H,1-2,4-8H2,(H,16,17)(H,18,19)(H2,14,15,20)/t10-/m0/s1. The Morgan fingerprint density at radius 2 is 2.05 bits per heavy atom. The predicted molar refractivity (Wildman–Crippen MR) is 71.4 cm³/mol. The summed E-state index contributed by atoms with van der Waals surface area (Å²) in [6, 6.07) is -1.77. The Bertz CT molecular complexity index is 406. The van der Waals surface area contributed by atoms with E-state index in [1.165, 1.54) is 5.57 Å². The quantitative estimate of drug-likeness (QED) is 0.498. The van der Waals surface area contributed by atoms with Crippen LogP contribution in [-0.2, 0) is 9.59 Å². The number of nitrogens with one attached hydrogen (secondary N) is 2. The van der Waals surface area contributed by atoms with Crippen LogP contribution in [0.25, 0.3) is 0 Å². The van der Waals surface area contributed by atoms with Gasteiger partial charge in [-0.25, -0.2) is 9.59 Å². The lowest BCUT2D eigenvalue weighted by atomic mass is 10.1. The van der Waals surface area contributed by atoms with Crippen molar-refractivity contribution in [1.29, 1.82) is 0 Å². The van der Waals surface area contributed by atoms with Gasteiger partial charge in [-0.3, -0.25) is 4.79 Å². The van der Waals surface area contributed by atoms with Crippen LogP contribution in [0.5, 0.6) is 0 Å². The van der Waals surface area contributed by atoms with E-state index in [-0.39, 0.29) is 12.8 Å². The van der Waals surface area contributed by atoms with Crippen LogP contribution in [0.1, 0.15) is 38.5 Å². The maximum absolute atomic E-state index is 11.5. The number of allylic oxidation sites excluding steroid dienone is 1. The summed E-state index contributed by atoms with van der Waals surface area (Å²) in [7, 11) is 0. The van der Waals surface area contributed by atoms with Crippen molar-refractivity contribution in [2.45, 2.75) is 44.6 Å².